The second-order valence-electron chi connectivity index (χ2n) is 14.5. The van der Waals surface area contributed by atoms with Gasteiger partial charge in [-0.05, 0) is 118 Å². The van der Waals surface area contributed by atoms with Crippen LogP contribution in [-0.4, -0.2) is 33.1 Å². The first kappa shape index (κ1) is 25.7. The van der Waals surface area contributed by atoms with Gasteiger partial charge in [-0.3, -0.25) is 0 Å². The lowest BCUT2D eigenvalue weighted by atomic mass is 9.35. The third kappa shape index (κ3) is 3.61. The van der Waals surface area contributed by atoms with Crippen molar-refractivity contribution in [2.24, 2.45) is 45.3 Å². The molecule has 33 heavy (non-hydrogen) atoms. The normalized spacial score (nSPS) is 50.5. The summed E-state index contributed by atoms with van der Waals surface area (Å²) in [6.07, 6.45) is 10.7. The van der Waals surface area contributed by atoms with Gasteiger partial charge in [0.05, 0.1) is 17.8 Å². The zero-order valence-corrected chi connectivity index (χ0v) is 22.7. The van der Waals surface area contributed by atoms with E-state index in [4.69, 9.17) is 0 Å². The third-order valence-corrected chi connectivity index (χ3v) is 12.3. The average Bonchev–Trinajstić information content (AvgIpc) is 2.96. The van der Waals surface area contributed by atoms with E-state index in [2.05, 4.69) is 54.5 Å². The molecule has 3 heteroatoms. The Morgan fingerprint density at radius 1 is 0.909 bits per heavy atom. The molecule has 10 atom stereocenters. The van der Waals surface area contributed by atoms with Gasteiger partial charge in [0, 0.05) is 5.92 Å². The molecule has 190 valence electrons. The monoisotopic (exact) mass is 460 g/mol. The van der Waals surface area contributed by atoms with E-state index in [-0.39, 0.29) is 33.7 Å². The van der Waals surface area contributed by atoms with Gasteiger partial charge in [0.25, 0.3) is 0 Å². The predicted molar refractivity (Wildman–Crippen MR) is 136 cm³/mol. The molecule has 0 bridgehead atoms. The summed E-state index contributed by atoms with van der Waals surface area (Å²) in [5.74, 6) is 1.51. The molecule has 0 radical (unpaired) electrons. The Bertz CT molecular complexity index is 779. The van der Waals surface area contributed by atoms with Crippen LogP contribution in [0.2, 0.25) is 0 Å². The molecule has 3 nitrogen and oxygen atoms in total. The lowest BCUT2D eigenvalue weighted by Crippen LogP contribution is -2.64. The van der Waals surface area contributed by atoms with Gasteiger partial charge >= 0.3 is 0 Å². The van der Waals surface area contributed by atoms with Gasteiger partial charge in [-0.2, -0.15) is 0 Å². The summed E-state index contributed by atoms with van der Waals surface area (Å²) in [6, 6.07) is 0. The van der Waals surface area contributed by atoms with Gasteiger partial charge < -0.3 is 15.3 Å². The van der Waals surface area contributed by atoms with Gasteiger partial charge in [-0.1, -0.05) is 46.3 Å². The van der Waals surface area contributed by atoms with Crippen molar-refractivity contribution in [3.8, 4) is 0 Å². The number of aliphatic hydroxyl groups excluding tert-OH is 2. The Morgan fingerprint density at radius 2 is 1.58 bits per heavy atom. The first-order chi connectivity index (χ1) is 15.1. The van der Waals surface area contributed by atoms with Crippen molar-refractivity contribution in [2.75, 3.05) is 0 Å². The Balaban J connectivity index is 1.65. The van der Waals surface area contributed by atoms with Crippen LogP contribution in [0.15, 0.2) is 11.6 Å². The summed E-state index contributed by atoms with van der Waals surface area (Å²) < 4.78 is 0. The topological polar surface area (TPSA) is 60.7 Å². The van der Waals surface area contributed by atoms with Crippen molar-refractivity contribution in [1.29, 1.82) is 0 Å². The summed E-state index contributed by atoms with van der Waals surface area (Å²) in [5, 5.41) is 33.9. The molecule has 4 aliphatic rings. The maximum absolute atomic E-state index is 11.6. The lowest BCUT2D eigenvalue weighted by Gasteiger charge is -2.69. The number of aliphatic hydroxyl groups is 3. The van der Waals surface area contributed by atoms with Crippen LogP contribution >= 0.6 is 0 Å². The maximum atomic E-state index is 11.6. The van der Waals surface area contributed by atoms with Crippen LogP contribution in [0.5, 0.6) is 0 Å². The average molecular weight is 461 g/mol. The Morgan fingerprint density at radius 3 is 2.21 bits per heavy atom. The minimum atomic E-state index is -0.838. The fourth-order valence-electron chi connectivity index (χ4n) is 10.4. The van der Waals surface area contributed by atoms with Crippen LogP contribution < -0.4 is 0 Å². The van der Waals surface area contributed by atoms with E-state index in [1.807, 2.05) is 6.92 Å². The predicted octanol–water partition coefficient (Wildman–Crippen LogP) is 6.50. The molecular formula is C30H52O3. The highest BCUT2D eigenvalue weighted by atomic mass is 16.3. The lowest BCUT2D eigenvalue weighted by molar-refractivity contribution is -0.225. The van der Waals surface area contributed by atoms with Crippen LogP contribution in [0.3, 0.4) is 0 Å². The zero-order valence-electron chi connectivity index (χ0n) is 22.7. The molecule has 4 saturated carbocycles. The van der Waals surface area contributed by atoms with Gasteiger partial charge in [-0.25, -0.2) is 0 Å². The van der Waals surface area contributed by atoms with Crippen LogP contribution in [0, 0.1) is 45.3 Å². The van der Waals surface area contributed by atoms with Crippen LogP contribution in [0.1, 0.15) is 113 Å². The summed E-state index contributed by atoms with van der Waals surface area (Å²) in [5.41, 5.74) is 0.896. The molecule has 0 heterocycles. The molecular weight excluding hydrogens is 408 g/mol. The molecule has 0 aromatic rings. The maximum Gasteiger partial charge on any atom is 0.0678 e. The minimum Gasteiger partial charge on any atom is -0.393 e. The quantitative estimate of drug-likeness (QED) is 0.420. The number of hydrogen-bond acceptors (Lipinski definition) is 3. The molecule has 0 spiro atoms. The summed E-state index contributed by atoms with van der Waals surface area (Å²) >= 11 is 0. The largest absolute Gasteiger partial charge is 0.393 e. The first-order valence-corrected chi connectivity index (χ1v) is 13.8. The second kappa shape index (κ2) is 8.07. The van der Waals surface area contributed by atoms with E-state index in [9.17, 15) is 15.3 Å². The minimum absolute atomic E-state index is 0.0294. The van der Waals surface area contributed by atoms with E-state index in [0.717, 1.165) is 38.5 Å². The molecule has 1 unspecified atom stereocenters. The van der Waals surface area contributed by atoms with E-state index in [1.165, 1.54) is 24.8 Å². The van der Waals surface area contributed by atoms with E-state index in [1.54, 1.807) is 0 Å². The Labute approximate surface area is 203 Å². The van der Waals surface area contributed by atoms with Crippen molar-refractivity contribution < 1.29 is 15.3 Å². The standard InChI is InChI=1S/C30H52O3/c1-19(2)10-9-15-30(8,33)25-20-11-12-23-27(5)16-14-24(32)26(3,4)22(27)13-17-28(23,6)29(20,7)18-21(25)31/h10,20-25,31-33H,9,11-18H2,1-8H3/t20-,21-,22?,23+,24-,25+,27-,28+,29-,30+/m0/s1. The number of allylic oxidation sites excluding steroid dienone is 2. The SMILES string of the molecule is CC(C)=CCC[C@@](C)(O)[C@H]1[C@@H](O)C[C@@]2(C)[C@H]1CC[C@@H]1[C@@]3(C)CC[C@H](O)C(C)(C)C3CC[C@]12C. The molecule has 0 aliphatic heterocycles. The van der Waals surface area contributed by atoms with E-state index in [0.29, 0.717) is 17.8 Å². The Hall–Kier alpha value is -0.380. The smallest absolute Gasteiger partial charge is 0.0678 e. The summed E-state index contributed by atoms with van der Waals surface area (Å²) in [4.78, 5) is 0. The highest BCUT2D eigenvalue weighted by Crippen LogP contribution is 2.75. The zero-order chi connectivity index (χ0) is 24.6. The van der Waals surface area contributed by atoms with Crippen LogP contribution in [0.25, 0.3) is 0 Å². The Kier molecular flexibility index (Phi) is 6.28. The molecule has 0 aromatic heterocycles. The highest BCUT2D eigenvalue weighted by molar-refractivity contribution is 5.19. The molecule has 0 saturated heterocycles. The van der Waals surface area contributed by atoms with Crippen molar-refractivity contribution in [1.82, 2.24) is 0 Å². The van der Waals surface area contributed by atoms with Gasteiger partial charge in [0.1, 0.15) is 0 Å². The van der Waals surface area contributed by atoms with Crippen LogP contribution in [-0.2, 0) is 0 Å². The van der Waals surface area contributed by atoms with Gasteiger partial charge in [0.2, 0.25) is 0 Å². The molecule has 4 rings (SSSR count). The van der Waals surface area contributed by atoms with Gasteiger partial charge in [0.15, 0.2) is 0 Å². The molecule has 0 amide bonds. The van der Waals surface area contributed by atoms with E-state index < -0.39 is 11.7 Å². The number of fused-ring (bicyclic) bond motifs is 5. The van der Waals surface area contributed by atoms with Crippen LogP contribution in [0.4, 0.5) is 0 Å². The summed E-state index contributed by atoms with van der Waals surface area (Å²) in [6.45, 7) is 18.4. The highest BCUT2D eigenvalue weighted by Gasteiger charge is 2.70. The van der Waals surface area contributed by atoms with E-state index >= 15 is 0 Å². The number of hydrogen-bond donors (Lipinski definition) is 3. The first-order valence-electron chi connectivity index (χ1n) is 13.8. The van der Waals surface area contributed by atoms with Crippen molar-refractivity contribution >= 4 is 0 Å². The molecule has 3 N–H and O–H groups in total. The third-order valence-electron chi connectivity index (χ3n) is 12.3. The van der Waals surface area contributed by atoms with Crippen molar-refractivity contribution in [3.63, 3.8) is 0 Å². The second-order valence-corrected chi connectivity index (χ2v) is 14.5. The van der Waals surface area contributed by atoms with Gasteiger partial charge in [-0.15, -0.1) is 0 Å². The van der Waals surface area contributed by atoms with Crippen molar-refractivity contribution in [2.45, 2.75) is 131 Å². The van der Waals surface area contributed by atoms with Crippen molar-refractivity contribution in [3.05, 3.63) is 11.6 Å². The summed E-state index contributed by atoms with van der Waals surface area (Å²) in [7, 11) is 0. The fourth-order valence-corrected chi connectivity index (χ4v) is 10.4. The molecule has 0 aromatic carbocycles. The molecule has 4 fully saturated rings. The number of rotatable bonds is 4. The molecule has 4 aliphatic carbocycles. The fraction of sp³-hybridized carbons (Fsp3) is 0.933.